The Morgan fingerprint density at radius 1 is 0.905 bits per heavy atom. The molecule has 1 fully saturated rings. The minimum atomic E-state index is -0.638. The average molecular weight is 594 g/mol. The number of nitrogens with one attached hydrogen (secondary N) is 3. The summed E-state index contributed by atoms with van der Waals surface area (Å²) in [4.78, 5) is 50.1. The fraction of sp³-hybridized carbons (Fsp3) is 0.812. The smallest absolute Gasteiger partial charge is 0.407 e. The summed E-state index contributed by atoms with van der Waals surface area (Å²) in [6.45, 7) is 7.05. The van der Waals surface area contributed by atoms with Gasteiger partial charge in [-0.25, -0.2) is 4.79 Å². The number of carbonyl (C=O) groups is 4. The molecule has 0 aromatic carbocycles. The first kappa shape index (κ1) is 37.4. The van der Waals surface area contributed by atoms with Gasteiger partial charge in [0.15, 0.2) is 0 Å². The molecule has 0 aromatic heterocycles. The van der Waals surface area contributed by atoms with Crippen molar-refractivity contribution in [1.29, 1.82) is 0 Å². The van der Waals surface area contributed by atoms with Gasteiger partial charge in [-0.2, -0.15) is 0 Å². The number of ether oxygens (including phenoxy) is 1. The molecule has 1 unspecified atom stereocenters. The van der Waals surface area contributed by atoms with Gasteiger partial charge in [0.25, 0.3) is 0 Å². The second-order valence-electron chi connectivity index (χ2n) is 11.7. The number of carbonyl (C=O) groups excluding carboxylic acids is 4. The molecule has 0 aliphatic heterocycles. The minimum Gasteiger partial charge on any atom is -0.450 e. The molecule has 0 spiro atoms. The molecule has 0 aromatic rings. The molecule has 4 amide bonds. The maximum absolute atomic E-state index is 13.1. The van der Waals surface area contributed by atoms with Crippen LogP contribution in [0.25, 0.3) is 0 Å². The van der Waals surface area contributed by atoms with Crippen molar-refractivity contribution >= 4 is 23.8 Å². The Morgan fingerprint density at radius 2 is 1.64 bits per heavy atom. The van der Waals surface area contributed by atoms with Crippen LogP contribution < -0.4 is 27.4 Å². The zero-order valence-electron chi connectivity index (χ0n) is 26.5. The van der Waals surface area contributed by atoms with E-state index in [-0.39, 0.29) is 42.2 Å². The Morgan fingerprint density at radius 3 is 2.26 bits per heavy atom. The van der Waals surface area contributed by atoms with Gasteiger partial charge in [-0.05, 0) is 63.8 Å². The standard InChI is InChI=1S/C32H59N5O5/c1-4-7-16-26(30(34)39)17-18-27(12-5-2)36-29(38)23-25(15-11-20-33)19-21-35-31(40)28(37-32(41)42-6-3)22-24-13-9-8-10-14-24/h17-18,24-28H,4-16,19-23,33H2,1-3H3,(H2,34,39)(H,35,40)(H,36,38)(H,37,41)/b18-17+/t25?,26-,27+,28+/m1/s1. The third kappa shape index (κ3) is 16.7. The van der Waals surface area contributed by atoms with Crippen molar-refractivity contribution in [3.05, 3.63) is 12.2 Å². The van der Waals surface area contributed by atoms with Crippen LogP contribution in [-0.2, 0) is 19.1 Å². The van der Waals surface area contributed by atoms with Gasteiger partial charge in [0.05, 0.1) is 12.5 Å². The molecule has 10 heteroatoms. The molecule has 42 heavy (non-hydrogen) atoms. The highest BCUT2D eigenvalue weighted by Crippen LogP contribution is 2.27. The van der Waals surface area contributed by atoms with Crippen LogP contribution in [0.4, 0.5) is 4.79 Å². The van der Waals surface area contributed by atoms with Crippen LogP contribution in [0.3, 0.4) is 0 Å². The summed E-state index contributed by atoms with van der Waals surface area (Å²) in [5.74, 6) is -0.484. The number of primary amides is 1. The van der Waals surface area contributed by atoms with Gasteiger partial charge in [-0.1, -0.05) is 77.4 Å². The first-order valence-corrected chi connectivity index (χ1v) is 16.4. The first-order valence-electron chi connectivity index (χ1n) is 16.4. The van der Waals surface area contributed by atoms with E-state index >= 15 is 0 Å². The quantitative estimate of drug-likeness (QED) is 0.116. The van der Waals surface area contributed by atoms with Crippen LogP contribution in [-0.4, -0.2) is 55.6 Å². The highest BCUT2D eigenvalue weighted by atomic mass is 16.5. The Bertz CT molecular complexity index is 815. The number of nitrogens with two attached hydrogens (primary N) is 2. The van der Waals surface area contributed by atoms with Crippen molar-refractivity contribution in [3.63, 3.8) is 0 Å². The zero-order chi connectivity index (χ0) is 31.2. The maximum atomic E-state index is 13.1. The lowest BCUT2D eigenvalue weighted by Gasteiger charge is -2.26. The fourth-order valence-electron chi connectivity index (χ4n) is 5.66. The molecule has 242 valence electrons. The summed E-state index contributed by atoms with van der Waals surface area (Å²) in [5, 5.41) is 8.86. The molecule has 0 bridgehead atoms. The molecule has 4 atom stereocenters. The maximum Gasteiger partial charge on any atom is 0.407 e. The number of alkyl carbamates (subject to hydrolysis) is 1. The Balaban J connectivity index is 2.73. The average Bonchev–Trinajstić information content (AvgIpc) is 2.95. The van der Waals surface area contributed by atoms with Crippen molar-refractivity contribution < 1.29 is 23.9 Å². The highest BCUT2D eigenvalue weighted by Gasteiger charge is 2.26. The van der Waals surface area contributed by atoms with E-state index in [1.807, 2.05) is 12.2 Å². The summed E-state index contributed by atoms with van der Waals surface area (Å²) in [6, 6.07) is -0.809. The molecule has 7 N–H and O–H groups in total. The summed E-state index contributed by atoms with van der Waals surface area (Å²) in [6.07, 6.45) is 16.2. The Kier molecular flexibility index (Phi) is 20.4. The van der Waals surface area contributed by atoms with E-state index in [0.717, 1.165) is 64.2 Å². The van der Waals surface area contributed by atoms with E-state index in [4.69, 9.17) is 16.2 Å². The molecule has 10 nitrogen and oxygen atoms in total. The van der Waals surface area contributed by atoms with Crippen LogP contribution in [0.5, 0.6) is 0 Å². The molecular weight excluding hydrogens is 534 g/mol. The lowest BCUT2D eigenvalue weighted by molar-refractivity contribution is -0.123. The predicted molar refractivity (Wildman–Crippen MR) is 167 cm³/mol. The second-order valence-corrected chi connectivity index (χ2v) is 11.7. The van der Waals surface area contributed by atoms with E-state index in [1.165, 1.54) is 6.42 Å². The summed E-state index contributed by atoms with van der Waals surface area (Å²) < 4.78 is 5.04. The molecule has 0 heterocycles. The van der Waals surface area contributed by atoms with Crippen LogP contribution in [0.15, 0.2) is 12.2 Å². The summed E-state index contributed by atoms with van der Waals surface area (Å²) in [5.41, 5.74) is 11.3. The van der Waals surface area contributed by atoms with Crippen LogP contribution in [0.2, 0.25) is 0 Å². The van der Waals surface area contributed by atoms with E-state index in [0.29, 0.717) is 44.7 Å². The topological polar surface area (TPSA) is 166 Å². The Hall–Kier alpha value is -2.62. The van der Waals surface area contributed by atoms with Gasteiger partial charge in [-0.3, -0.25) is 14.4 Å². The highest BCUT2D eigenvalue weighted by molar-refractivity contribution is 5.85. The van der Waals surface area contributed by atoms with E-state index < -0.39 is 12.1 Å². The lowest BCUT2D eigenvalue weighted by Crippen LogP contribution is -2.48. The number of hydrogen-bond acceptors (Lipinski definition) is 6. The molecule has 1 rings (SSSR count). The Labute approximate surface area is 253 Å². The molecule has 1 aliphatic carbocycles. The van der Waals surface area contributed by atoms with Crippen LogP contribution in [0.1, 0.15) is 117 Å². The van der Waals surface area contributed by atoms with Gasteiger partial charge in [0.2, 0.25) is 17.7 Å². The third-order valence-electron chi connectivity index (χ3n) is 8.08. The van der Waals surface area contributed by atoms with Gasteiger partial charge < -0.3 is 32.2 Å². The summed E-state index contributed by atoms with van der Waals surface area (Å²) in [7, 11) is 0. The number of hydrogen-bond donors (Lipinski definition) is 5. The molecule has 1 saturated carbocycles. The van der Waals surface area contributed by atoms with Crippen LogP contribution >= 0.6 is 0 Å². The predicted octanol–water partition coefficient (Wildman–Crippen LogP) is 4.46. The monoisotopic (exact) mass is 593 g/mol. The lowest BCUT2D eigenvalue weighted by atomic mass is 9.84. The normalized spacial score (nSPS) is 16.8. The van der Waals surface area contributed by atoms with Crippen molar-refractivity contribution in [2.75, 3.05) is 19.7 Å². The minimum absolute atomic E-state index is 0.0536. The van der Waals surface area contributed by atoms with Crippen molar-refractivity contribution in [2.24, 2.45) is 29.2 Å². The van der Waals surface area contributed by atoms with Gasteiger partial charge >= 0.3 is 6.09 Å². The van der Waals surface area contributed by atoms with E-state index in [2.05, 4.69) is 29.8 Å². The SMILES string of the molecule is CCCC[C@H](/C=C/[C@H](CCC)NC(=O)CC(CCCN)CCNC(=O)[C@H](CC1CCCCC1)NC(=O)OCC)C(N)=O. The van der Waals surface area contributed by atoms with Crippen LogP contribution in [0, 0.1) is 17.8 Å². The van der Waals surface area contributed by atoms with Crippen molar-refractivity contribution in [3.8, 4) is 0 Å². The molecule has 0 saturated heterocycles. The van der Waals surface area contributed by atoms with Gasteiger partial charge in [-0.15, -0.1) is 0 Å². The van der Waals surface area contributed by atoms with Gasteiger partial charge in [0, 0.05) is 19.0 Å². The summed E-state index contributed by atoms with van der Waals surface area (Å²) >= 11 is 0. The van der Waals surface area contributed by atoms with Gasteiger partial charge in [0.1, 0.15) is 6.04 Å². The third-order valence-corrected chi connectivity index (χ3v) is 8.08. The van der Waals surface area contributed by atoms with Crippen molar-refractivity contribution in [1.82, 2.24) is 16.0 Å². The first-order chi connectivity index (χ1) is 20.2. The second kappa shape index (κ2) is 22.9. The van der Waals surface area contributed by atoms with E-state index in [9.17, 15) is 19.2 Å². The van der Waals surface area contributed by atoms with Crippen molar-refractivity contribution in [2.45, 2.75) is 129 Å². The number of unbranched alkanes of at least 4 members (excludes halogenated alkanes) is 1. The fourth-order valence-corrected chi connectivity index (χ4v) is 5.66. The number of amides is 4. The molecule has 1 aliphatic rings. The number of rotatable bonds is 22. The molecular formula is C32H59N5O5. The zero-order valence-corrected chi connectivity index (χ0v) is 26.5. The molecule has 0 radical (unpaired) electrons. The largest absolute Gasteiger partial charge is 0.450 e. The van der Waals surface area contributed by atoms with E-state index in [1.54, 1.807) is 6.92 Å².